The van der Waals surface area contributed by atoms with Gasteiger partial charge in [-0.3, -0.25) is 4.79 Å². The molecule has 1 saturated carbocycles. The minimum absolute atomic E-state index is 0.142. The molecule has 0 aromatic carbocycles. The summed E-state index contributed by atoms with van der Waals surface area (Å²) in [4.78, 5) is 12.1. The molecule has 6 nitrogen and oxygen atoms in total. The molecule has 2 rings (SSSR count). The zero-order chi connectivity index (χ0) is 13.8. The molecule has 1 aliphatic rings. The Morgan fingerprint density at radius 3 is 3.05 bits per heavy atom. The van der Waals surface area contributed by atoms with E-state index >= 15 is 0 Å². The number of ether oxygens (including phenoxy) is 1. The van der Waals surface area contributed by atoms with E-state index in [1.807, 2.05) is 0 Å². The van der Waals surface area contributed by atoms with E-state index < -0.39 is 0 Å². The van der Waals surface area contributed by atoms with E-state index in [1.54, 1.807) is 13.3 Å². The number of methoxy groups -OCH3 is 1. The van der Waals surface area contributed by atoms with Gasteiger partial charge in [-0.05, 0) is 35.2 Å². The van der Waals surface area contributed by atoms with Crippen molar-refractivity contribution in [2.45, 2.75) is 37.9 Å². The Hall–Kier alpha value is -0.920. The Balaban J connectivity index is 2.14. The van der Waals surface area contributed by atoms with Crippen molar-refractivity contribution in [3.63, 3.8) is 0 Å². The summed E-state index contributed by atoms with van der Waals surface area (Å²) in [5.74, 6) is 0. The maximum atomic E-state index is 12.1. The standard InChI is InChI=1S/C12H19BrN4O2/c1-19-6-5-17-12(18)11(13)10(7-15-17)16-9-4-2-3-8(9)14/h7-9,16H,2-6,14H2,1H3. The summed E-state index contributed by atoms with van der Waals surface area (Å²) in [5, 5.41) is 7.44. The van der Waals surface area contributed by atoms with Gasteiger partial charge in [-0.25, -0.2) is 4.68 Å². The fourth-order valence-corrected chi connectivity index (χ4v) is 2.69. The Bertz CT molecular complexity index is 491. The van der Waals surface area contributed by atoms with E-state index in [1.165, 1.54) is 4.68 Å². The molecule has 0 bridgehead atoms. The normalized spacial score (nSPS) is 22.7. The minimum Gasteiger partial charge on any atom is -0.383 e. The SMILES string of the molecule is COCCn1ncc(NC2CCCC2N)c(Br)c1=O. The number of halogens is 1. The van der Waals surface area contributed by atoms with Crippen LogP contribution in [0.4, 0.5) is 5.69 Å². The van der Waals surface area contributed by atoms with E-state index in [0.717, 1.165) is 19.3 Å². The molecular formula is C12H19BrN4O2. The largest absolute Gasteiger partial charge is 0.383 e. The lowest BCUT2D eigenvalue weighted by Crippen LogP contribution is -2.36. The van der Waals surface area contributed by atoms with Crippen LogP contribution < -0.4 is 16.6 Å². The third kappa shape index (κ3) is 3.34. The molecule has 106 valence electrons. The summed E-state index contributed by atoms with van der Waals surface area (Å²) < 4.78 is 6.83. The first-order valence-corrected chi connectivity index (χ1v) is 7.19. The summed E-state index contributed by atoms with van der Waals surface area (Å²) in [6.07, 6.45) is 4.83. The predicted octanol–water partition coefficient (Wildman–Crippen LogP) is 0.944. The number of hydrogen-bond donors (Lipinski definition) is 2. The second kappa shape index (κ2) is 6.49. The molecule has 1 aliphatic carbocycles. The Morgan fingerprint density at radius 2 is 2.42 bits per heavy atom. The van der Waals surface area contributed by atoms with Crippen LogP contribution in [-0.2, 0) is 11.3 Å². The van der Waals surface area contributed by atoms with Gasteiger partial charge in [0.1, 0.15) is 4.47 Å². The van der Waals surface area contributed by atoms with E-state index in [2.05, 4.69) is 26.3 Å². The summed E-state index contributed by atoms with van der Waals surface area (Å²) in [7, 11) is 1.59. The smallest absolute Gasteiger partial charge is 0.283 e. The van der Waals surface area contributed by atoms with Crippen LogP contribution in [0.1, 0.15) is 19.3 Å². The Labute approximate surface area is 120 Å². The average molecular weight is 331 g/mol. The first kappa shape index (κ1) is 14.5. The maximum Gasteiger partial charge on any atom is 0.283 e. The Morgan fingerprint density at radius 1 is 1.63 bits per heavy atom. The van der Waals surface area contributed by atoms with Gasteiger partial charge in [0, 0.05) is 19.2 Å². The van der Waals surface area contributed by atoms with Gasteiger partial charge < -0.3 is 15.8 Å². The van der Waals surface area contributed by atoms with Gasteiger partial charge in [0.2, 0.25) is 0 Å². The number of hydrogen-bond acceptors (Lipinski definition) is 5. The molecule has 0 spiro atoms. The van der Waals surface area contributed by atoms with Crippen molar-refractivity contribution in [1.82, 2.24) is 9.78 Å². The molecule has 0 radical (unpaired) electrons. The highest BCUT2D eigenvalue weighted by molar-refractivity contribution is 9.10. The number of nitrogens with zero attached hydrogens (tertiary/aromatic N) is 2. The minimum atomic E-state index is -0.159. The molecule has 1 aromatic rings. The molecule has 1 fully saturated rings. The number of nitrogens with two attached hydrogens (primary N) is 1. The van der Waals surface area contributed by atoms with Crippen LogP contribution in [0.15, 0.2) is 15.5 Å². The lowest BCUT2D eigenvalue weighted by molar-refractivity contribution is 0.181. The highest BCUT2D eigenvalue weighted by Gasteiger charge is 2.24. The van der Waals surface area contributed by atoms with Crippen molar-refractivity contribution in [2.75, 3.05) is 19.0 Å². The lowest BCUT2D eigenvalue weighted by Gasteiger charge is -2.19. The number of nitrogens with one attached hydrogen (secondary N) is 1. The van der Waals surface area contributed by atoms with Crippen molar-refractivity contribution < 1.29 is 4.74 Å². The summed E-state index contributed by atoms with van der Waals surface area (Å²) in [5.41, 5.74) is 6.56. The molecule has 0 amide bonds. The van der Waals surface area contributed by atoms with Crippen molar-refractivity contribution in [1.29, 1.82) is 0 Å². The maximum absolute atomic E-state index is 12.1. The molecule has 7 heteroatoms. The zero-order valence-electron chi connectivity index (χ0n) is 10.9. The second-order valence-corrected chi connectivity index (χ2v) is 5.53. The van der Waals surface area contributed by atoms with Crippen LogP contribution in [0.5, 0.6) is 0 Å². The molecule has 2 atom stereocenters. The van der Waals surface area contributed by atoms with Crippen molar-refractivity contribution in [3.05, 3.63) is 21.0 Å². The summed E-state index contributed by atoms with van der Waals surface area (Å²) in [6.45, 7) is 0.900. The fraction of sp³-hybridized carbons (Fsp3) is 0.667. The van der Waals surface area contributed by atoms with Crippen molar-refractivity contribution in [2.24, 2.45) is 5.73 Å². The van der Waals surface area contributed by atoms with Crippen LogP contribution in [0.25, 0.3) is 0 Å². The third-order valence-electron chi connectivity index (χ3n) is 3.40. The molecule has 19 heavy (non-hydrogen) atoms. The lowest BCUT2D eigenvalue weighted by atomic mass is 10.2. The van der Waals surface area contributed by atoms with Gasteiger partial charge in [0.15, 0.2) is 0 Å². The fourth-order valence-electron chi connectivity index (χ4n) is 2.27. The van der Waals surface area contributed by atoms with Gasteiger partial charge in [-0.1, -0.05) is 0 Å². The Kier molecular flexibility index (Phi) is 4.95. The van der Waals surface area contributed by atoms with Gasteiger partial charge in [0.05, 0.1) is 25.0 Å². The summed E-state index contributed by atoms with van der Waals surface area (Å²) >= 11 is 3.33. The van der Waals surface area contributed by atoms with E-state index in [4.69, 9.17) is 10.5 Å². The van der Waals surface area contributed by atoms with Crippen LogP contribution in [0, 0.1) is 0 Å². The van der Waals surface area contributed by atoms with Crippen LogP contribution in [0.3, 0.4) is 0 Å². The van der Waals surface area contributed by atoms with Crippen LogP contribution in [-0.4, -0.2) is 35.6 Å². The van der Waals surface area contributed by atoms with Crippen LogP contribution in [0.2, 0.25) is 0 Å². The number of rotatable bonds is 5. The third-order valence-corrected chi connectivity index (χ3v) is 4.17. The van der Waals surface area contributed by atoms with Gasteiger partial charge in [-0.15, -0.1) is 0 Å². The summed E-state index contributed by atoms with van der Waals surface area (Å²) in [6, 6.07) is 0.357. The van der Waals surface area contributed by atoms with Crippen molar-refractivity contribution in [3.8, 4) is 0 Å². The predicted molar refractivity (Wildman–Crippen MR) is 77.3 cm³/mol. The van der Waals surface area contributed by atoms with Gasteiger partial charge in [0.25, 0.3) is 5.56 Å². The topological polar surface area (TPSA) is 82.2 Å². The van der Waals surface area contributed by atoms with E-state index in [-0.39, 0.29) is 17.6 Å². The number of anilines is 1. The highest BCUT2D eigenvalue weighted by atomic mass is 79.9. The van der Waals surface area contributed by atoms with E-state index in [9.17, 15) is 4.79 Å². The monoisotopic (exact) mass is 330 g/mol. The zero-order valence-corrected chi connectivity index (χ0v) is 12.5. The molecule has 2 unspecified atom stereocenters. The molecule has 0 saturated heterocycles. The van der Waals surface area contributed by atoms with Crippen LogP contribution >= 0.6 is 15.9 Å². The first-order chi connectivity index (χ1) is 9.13. The molecular weight excluding hydrogens is 312 g/mol. The number of aromatic nitrogens is 2. The highest BCUT2D eigenvalue weighted by Crippen LogP contribution is 2.24. The molecule has 3 N–H and O–H groups in total. The van der Waals surface area contributed by atoms with Gasteiger partial charge in [-0.2, -0.15) is 5.10 Å². The molecule has 1 aromatic heterocycles. The first-order valence-electron chi connectivity index (χ1n) is 6.40. The quantitative estimate of drug-likeness (QED) is 0.839. The second-order valence-electron chi connectivity index (χ2n) is 4.74. The van der Waals surface area contributed by atoms with Crippen molar-refractivity contribution >= 4 is 21.6 Å². The molecule has 1 heterocycles. The van der Waals surface area contributed by atoms with E-state index in [0.29, 0.717) is 23.3 Å². The average Bonchev–Trinajstić information content (AvgIpc) is 2.80. The molecule has 0 aliphatic heterocycles. The van der Waals surface area contributed by atoms with Gasteiger partial charge >= 0.3 is 0 Å².